The van der Waals surface area contributed by atoms with Gasteiger partial charge in [0.25, 0.3) is 5.91 Å². The zero-order valence-electron chi connectivity index (χ0n) is 33.2. The van der Waals surface area contributed by atoms with Crippen molar-refractivity contribution in [2.24, 2.45) is 5.92 Å². The minimum Gasteiger partial charge on any atom is -0.497 e. The molecule has 60 heavy (non-hydrogen) atoms. The molecule has 5 atom stereocenters. The molecule has 0 spiro atoms. The standard InChI is InChI=1S/C43H48FN5O10S/c1-56-27-14-17-30-35(21-27)59-38-36(30)45-32-18-13-25(44)19-31(32)37(38)57-28-20-34-39(50)47-43(41(52)48-60(54,55)29-15-16-29)22-24(43)9-5-3-2-4-6-12-33(40(51)49(34)23-28)46-42(53)58-26-10-7-8-11-26/h5,9,13-14,17-19,21,24,26,28-29,33-34H,2-4,6-8,10-12,15-16,20,22-23H2,1H3,(H,46,53)(H,47,50)(H,48,52)/b9-5-/t24-,28+,33-,34-,43+/m0/s1. The van der Waals surface area contributed by atoms with Crippen molar-refractivity contribution in [2.45, 2.75) is 119 Å². The number of fused-ring (bicyclic) bond motifs is 6. The lowest BCUT2D eigenvalue weighted by atomic mass is 10.0. The quantitative estimate of drug-likeness (QED) is 0.185. The van der Waals surface area contributed by atoms with Crippen LogP contribution < -0.4 is 24.8 Å². The normalized spacial score (nSPS) is 27.1. The van der Waals surface area contributed by atoms with E-state index in [1.165, 1.54) is 30.2 Å². The number of nitrogens with zero attached hydrogens (tertiary/aromatic N) is 2. The zero-order chi connectivity index (χ0) is 41.8. The Bertz CT molecular complexity index is 2520. The van der Waals surface area contributed by atoms with Crippen LogP contribution in [0.1, 0.15) is 83.5 Å². The number of carbonyl (C=O) groups excluding carboxylic acids is 4. The molecule has 15 nitrogen and oxygen atoms in total. The monoisotopic (exact) mass is 845 g/mol. The van der Waals surface area contributed by atoms with Gasteiger partial charge in [0.2, 0.25) is 21.8 Å². The Morgan fingerprint density at radius 1 is 0.983 bits per heavy atom. The van der Waals surface area contributed by atoms with Gasteiger partial charge in [-0.25, -0.2) is 22.6 Å². The summed E-state index contributed by atoms with van der Waals surface area (Å²) in [6.45, 7) is -0.125. The Balaban J connectivity index is 1.07. The number of rotatable bonds is 8. The van der Waals surface area contributed by atoms with Gasteiger partial charge in [0.05, 0.1) is 24.4 Å². The molecule has 4 fully saturated rings. The van der Waals surface area contributed by atoms with Crippen molar-refractivity contribution in [1.29, 1.82) is 0 Å². The fraction of sp³-hybridized carbons (Fsp3) is 0.512. The van der Waals surface area contributed by atoms with Crippen molar-refractivity contribution in [3.8, 4) is 11.5 Å². The number of amides is 4. The average molecular weight is 846 g/mol. The van der Waals surface area contributed by atoms with Crippen LogP contribution in [0, 0.1) is 11.7 Å². The van der Waals surface area contributed by atoms with Crippen LogP contribution in [0.2, 0.25) is 0 Å². The number of pyridine rings is 1. The van der Waals surface area contributed by atoms with Gasteiger partial charge in [-0.15, -0.1) is 0 Å². The van der Waals surface area contributed by atoms with E-state index in [1.54, 1.807) is 18.2 Å². The number of alkyl carbamates (subject to hydrolysis) is 1. The molecular weight excluding hydrogens is 798 g/mol. The first-order valence-electron chi connectivity index (χ1n) is 20.9. The Morgan fingerprint density at radius 3 is 2.57 bits per heavy atom. The molecule has 0 bridgehead atoms. The minimum absolute atomic E-state index is 0.0654. The SMILES string of the molecule is COc1ccc2c(c1)oc1c(O[C@@H]3C[C@H]4C(=O)N[C@]5(C(=O)NS(=O)(=O)C6CC6)C[C@@H]5/C=C\CCCCC[C@H](NC(=O)OC5CCCC5)C(=O)N4C3)c3cc(F)ccc3nc12. The summed E-state index contributed by atoms with van der Waals surface area (Å²) in [6.07, 6.45) is 9.38. The highest BCUT2D eigenvalue weighted by atomic mass is 32.2. The summed E-state index contributed by atoms with van der Waals surface area (Å²) < 4.78 is 67.1. The van der Waals surface area contributed by atoms with Gasteiger partial charge >= 0.3 is 6.09 Å². The smallest absolute Gasteiger partial charge is 0.408 e. The van der Waals surface area contributed by atoms with Crippen molar-refractivity contribution in [3.63, 3.8) is 0 Å². The molecule has 2 aromatic carbocycles. The van der Waals surface area contributed by atoms with Gasteiger partial charge in [-0.1, -0.05) is 25.0 Å². The molecule has 4 amide bonds. The number of aromatic nitrogens is 1. The second kappa shape index (κ2) is 15.9. The molecule has 17 heteroatoms. The maximum Gasteiger partial charge on any atom is 0.408 e. The van der Waals surface area contributed by atoms with Gasteiger partial charge in [-0.05, 0) is 94.5 Å². The van der Waals surface area contributed by atoms with Crippen LogP contribution in [0.15, 0.2) is 53.0 Å². The zero-order valence-corrected chi connectivity index (χ0v) is 34.1. The van der Waals surface area contributed by atoms with Crippen molar-refractivity contribution in [2.75, 3.05) is 13.7 Å². The van der Waals surface area contributed by atoms with Crippen LogP contribution in [0.4, 0.5) is 9.18 Å². The van der Waals surface area contributed by atoms with E-state index in [9.17, 15) is 32.0 Å². The molecule has 4 aromatic rings. The van der Waals surface area contributed by atoms with E-state index in [1.807, 2.05) is 12.2 Å². The highest BCUT2D eigenvalue weighted by molar-refractivity contribution is 7.91. The molecule has 2 aromatic heterocycles. The summed E-state index contributed by atoms with van der Waals surface area (Å²) >= 11 is 0. The summed E-state index contributed by atoms with van der Waals surface area (Å²) in [5.41, 5.74) is -0.0101. The third kappa shape index (κ3) is 7.83. The van der Waals surface area contributed by atoms with Crippen LogP contribution in [0.5, 0.6) is 11.5 Å². The maximum absolute atomic E-state index is 14.9. The topological polar surface area (TPSA) is 195 Å². The Morgan fingerprint density at radius 2 is 1.78 bits per heavy atom. The number of carbonyl (C=O) groups is 4. The molecule has 2 aliphatic heterocycles. The lowest BCUT2D eigenvalue weighted by Crippen LogP contribution is -2.58. The molecule has 0 radical (unpaired) electrons. The van der Waals surface area contributed by atoms with Gasteiger partial charge in [0.15, 0.2) is 11.3 Å². The van der Waals surface area contributed by atoms with E-state index in [2.05, 4.69) is 15.4 Å². The third-order valence-corrected chi connectivity index (χ3v) is 14.3. The average Bonchev–Trinajstić information content (AvgIpc) is 4.04. The van der Waals surface area contributed by atoms with Crippen molar-refractivity contribution in [3.05, 3.63) is 54.4 Å². The van der Waals surface area contributed by atoms with Crippen molar-refractivity contribution < 1.29 is 50.6 Å². The highest BCUT2D eigenvalue weighted by Gasteiger charge is 2.62. The number of hydrogen-bond acceptors (Lipinski definition) is 11. The molecule has 318 valence electrons. The molecule has 3 saturated carbocycles. The van der Waals surface area contributed by atoms with Crippen LogP contribution >= 0.6 is 0 Å². The number of allylic oxidation sites excluding steroid dienone is 1. The number of methoxy groups -OCH3 is 1. The number of benzene rings is 2. The predicted molar refractivity (Wildman–Crippen MR) is 217 cm³/mol. The van der Waals surface area contributed by atoms with E-state index < -0.39 is 74.5 Å². The van der Waals surface area contributed by atoms with Crippen LogP contribution in [0.3, 0.4) is 0 Å². The van der Waals surface area contributed by atoms with Gasteiger partial charge in [-0.2, -0.15) is 0 Å². The molecule has 4 heterocycles. The second-order valence-electron chi connectivity index (χ2n) is 16.7. The predicted octanol–water partition coefficient (Wildman–Crippen LogP) is 5.67. The number of sulfonamides is 1. The first-order chi connectivity index (χ1) is 28.9. The largest absolute Gasteiger partial charge is 0.497 e. The number of halogens is 1. The molecule has 9 rings (SSSR count). The Labute approximate surface area is 345 Å². The van der Waals surface area contributed by atoms with Gasteiger partial charge in [0.1, 0.15) is 52.5 Å². The van der Waals surface area contributed by atoms with Crippen LogP contribution in [0.25, 0.3) is 33.0 Å². The van der Waals surface area contributed by atoms with Crippen LogP contribution in [-0.2, 0) is 29.1 Å². The third-order valence-electron chi connectivity index (χ3n) is 12.5. The van der Waals surface area contributed by atoms with E-state index in [0.717, 1.165) is 38.5 Å². The first-order valence-corrected chi connectivity index (χ1v) is 22.5. The second-order valence-corrected chi connectivity index (χ2v) is 18.7. The molecule has 5 aliphatic rings. The summed E-state index contributed by atoms with van der Waals surface area (Å²) in [4.78, 5) is 62.6. The summed E-state index contributed by atoms with van der Waals surface area (Å²) in [6, 6.07) is 7.12. The van der Waals surface area contributed by atoms with E-state index in [0.29, 0.717) is 58.8 Å². The molecule has 3 aliphatic carbocycles. The van der Waals surface area contributed by atoms with Gasteiger partial charge in [-0.3, -0.25) is 19.1 Å². The first kappa shape index (κ1) is 40.0. The highest BCUT2D eigenvalue weighted by Crippen LogP contribution is 2.46. The fourth-order valence-corrected chi connectivity index (χ4v) is 10.3. The Hall–Kier alpha value is -5.45. The van der Waals surface area contributed by atoms with E-state index in [-0.39, 0.29) is 43.2 Å². The number of ether oxygens (including phenoxy) is 3. The van der Waals surface area contributed by atoms with E-state index in [4.69, 9.17) is 23.6 Å². The summed E-state index contributed by atoms with van der Waals surface area (Å²) in [7, 11) is -2.41. The Kier molecular flexibility index (Phi) is 10.6. The molecular formula is C43H48FN5O10S. The van der Waals surface area contributed by atoms with Gasteiger partial charge in [0, 0.05) is 29.2 Å². The van der Waals surface area contributed by atoms with Gasteiger partial charge < -0.3 is 34.2 Å². The lowest BCUT2D eigenvalue weighted by molar-refractivity contribution is -0.141. The molecule has 1 saturated heterocycles. The minimum atomic E-state index is -3.94. The maximum atomic E-state index is 14.9. The van der Waals surface area contributed by atoms with Crippen LogP contribution in [-0.4, -0.2) is 90.9 Å². The van der Waals surface area contributed by atoms with Crippen molar-refractivity contribution >= 4 is 66.8 Å². The van der Waals surface area contributed by atoms with Crippen molar-refractivity contribution in [1.82, 2.24) is 25.2 Å². The lowest BCUT2D eigenvalue weighted by Gasteiger charge is -2.30. The fourth-order valence-electron chi connectivity index (χ4n) is 8.95. The molecule has 3 N–H and O–H groups in total. The summed E-state index contributed by atoms with van der Waals surface area (Å²) in [5.74, 6) is -2.35. The molecule has 0 unspecified atom stereocenters. The number of nitrogens with one attached hydrogen (secondary N) is 3. The number of furan rings is 1. The number of hydrogen-bond donors (Lipinski definition) is 3. The van der Waals surface area contributed by atoms with E-state index >= 15 is 0 Å². The summed E-state index contributed by atoms with van der Waals surface area (Å²) in [5, 5.41) is 5.98.